The molecule has 0 aliphatic carbocycles. The number of hydrogen-bond donors (Lipinski definition) is 1. The number of carbonyl (C=O) groups is 1. The Bertz CT molecular complexity index is 364. The Morgan fingerprint density at radius 1 is 1.41 bits per heavy atom. The zero-order chi connectivity index (χ0) is 12.8. The zero-order valence-electron chi connectivity index (χ0n) is 10.9. The van der Waals surface area contributed by atoms with Gasteiger partial charge in [0.05, 0.1) is 0 Å². The van der Waals surface area contributed by atoms with E-state index in [1.165, 1.54) is 11.3 Å². The quantitative estimate of drug-likeness (QED) is 0.848. The molecule has 1 N–H and O–H groups in total. The Hall–Kier alpha value is -1.17. The van der Waals surface area contributed by atoms with Gasteiger partial charge in [-0.3, -0.25) is 4.79 Å². The highest BCUT2D eigenvalue weighted by molar-refractivity contribution is 7.17. The molecule has 0 aliphatic rings. The number of amides is 1. The van der Waals surface area contributed by atoms with Crippen molar-refractivity contribution in [3.63, 3.8) is 0 Å². The van der Waals surface area contributed by atoms with Crippen LogP contribution in [0.2, 0.25) is 0 Å². The van der Waals surface area contributed by atoms with E-state index in [-0.39, 0.29) is 11.9 Å². The van der Waals surface area contributed by atoms with Crippen molar-refractivity contribution in [1.29, 1.82) is 0 Å². The average molecular weight is 256 g/mol. The summed E-state index contributed by atoms with van der Waals surface area (Å²) in [6.45, 7) is 9.59. The summed E-state index contributed by atoms with van der Waals surface area (Å²) in [5.41, 5.74) is 0. The highest BCUT2D eigenvalue weighted by atomic mass is 32.1. The van der Waals surface area contributed by atoms with E-state index in [4.69, 9.17) is 0 Å². The van der Waals surface area contributed by atoms with Crippen molar-refractivity contribution >= 4 is 22.4 Å². The Kier molecular flexibility index (Phi) is 5.34. The summed E-state index contributed by atoms with van der Waals surface area (Å²) >= 11 is 1.32. The molecule has 0 aliphatic heterocycles. The predicted octanol–water partition coefficient (Wildman–Crippen LogP) is 2.23. The minimum Gasteiger partial charge on any atom is -0.360 e. The molecule has 1 rings (SSSR count). The fourth-order valence-electron chi connectivity index (χ4n) is 1.48. The van der Waals surface area contributed by atoms with Crippen molar-refractivity contribution in [3.05, 3.63) is 5.01 Å². The van der Waals surface area contributed by atoms with E-state index in [0.29, 0.717) is 11.6 Å². The third-order valence-electron chi connectivity index (χ3n) is 2.36. The van der Waals surface area contributed by atoms with Crippen LogP contribution >= 0.6 is 11.3 Å². The molecule has 0 unspecified atom stereocenters. The second-order valence-corrected chi connectivity index (χ2v) is 5.00. The summed E-state index contributed by atoms with van der Waals surface area (Å²) in [6, 6.07) is 0.184. The molecule has 1 aromatic rings. The van der Waals surface area contributed by atoms with E-state index in [1.807, 2.05) is 20.8 Å². The van der Waals surface area contributed by atoms with Crippen LogP contribution in [0.3, 0.4) is 0 Å². The maximum absolute atomic E-state index is 12.1. The molecular weight excluding hydrogens is 236 g/mol. The van der Waals surface area contributed by atoms with Crippen molar-refractivity contribution in [2.75, 3.05) is 18.4 Å². The van der Waals surface area contributed by atoms with Crippen LogP contribution in [0.5, 0.6) is 0 Å². The third-order valence-corrected chi connectivity index (χ3v) is 3.23. The number of aromatic nitrogens is 2. The Morgan fingerprint density at radius 3 is 2.65 bits per heavy atom. The number of rotatable bonds is 6. The van der Waals surface area contributed by atoms with Crippen LogP contribution in [0.15, 0.2) is 0 Å². The van der Waals surface area contributed by atoms with Gasteiger partial charge in [0.1, 0.15) is 0 Å². The van der Waals surface area contributed by atoms with Crippen LogP contribution in [-0.2, 0) is 0 Å². The monoisotopic (exact) mass is 256 g/mol. The first-order valence-corrected chi connectivity index (χ1v) is 6.80. The van der Waals surface area contributed by atoms with Gasteiger partial charge in [0.2, 0.25) is 10.1 Å². The van der Waals surface area contributed by atoms with Gasteiger partial charge in [0.15, 0.2) is 0 Å². The molecule has 1 amide bonds. The minimum atomic E-state index is -0.0375. The zero-order valence-corrected chi connectivity index (χ0v) is 11.7. The molecule has 17 heavy (non-hydrogen) atoms. The number of carbonyl (C=O) groups excluding carboxylic acids is 1. The molecular formula is C11H20N4OS. The van der Waals surface area contributed by atoms with Crippen molar-refractivity contribution in [2.45, 2.75) is 40.2 Å². The number of nitrogens with zero attached hydrogens (tertiary/aromatic N) is 3. The van der Waals surface area contributed by atoms with E-state index >= 15 is 0 Å². The Balaban J connectivity index is 2.71. The first-order chi connectivity index (χ1) is 8.10. The highest BCUT2D eigenvalue weighted by Crippen LogP contribution is 2.17. The van der Waals surface area contributed by atoms with E-state index < -0.39 is 0 Å². The van der Waals surface area contributed by atoms with Gasteiger partial charge in [0, 0.05) is 19.1 Å². The molecule has 0 bridgehead atoms. The molecule has 0 saturated carbocycles. The SMILES string of the molecule is CCCNc1nnc(C(=O)N(CC)C(C)C)s1. The molecule has 0 saturated heterocycles. The molecule has 0 atom stereocenters. The van der Waals surface area contributed by atoms with Gasteiger partial charge in [-0.25, -0.2) is 0 Å². The highest BCUT2D eigenvalue weighted by Gasteiger charge is 2.20. The lowest BCUT2D eigenvalue weighted by Crippen LogP contribution is -2.36. The van der Waals surface area contributed by atoms with Crippen molar-refractivity contribution in [2.24, 2.45) is 0 Å². The van der Waals surface area contributed by atoms with Gasteiger partial charge in [-0.2, -0.15) is 0 Å². The minimum absolute atomic E-state index is 0.0375. The van der Waals surface area contributed by atoms with Crippen LogP contribution in [0, 0.1) is 0 Å². The molecule has 6 heteroatoms. The summed E-state index contributed by atoms with van der Waals surface area (Å²) in [7, 11) is 0. The largest absolute Gasteiger partial charge is 0.360 e. The fraction of sp³-hybridized carbons (Fsp3) is 0.727. The second-order valence-electron chi connectivity index (χ2n) is 4.02. The molecule has 5 nitrogen and oxygen atoms in total. The first-order valence-electron chi connectivity index (χ1n) is 5.98. The molecule has 0 aromatic carbocycles. The van der Waals surface area contributed by atoms with Gasteiger partial charge in [-0.1, -0.05) is 18.3 Å². The molecule has 1 aromatic heterocycles. The van der Waals surface area contributed by atoms with E-state index in [1.54, 1.807) is 4.90 Å². The van der Waals surface area contributed by atoms with Crippen LogP contribution in [-0.4, -0.2) is 40.1 Å². The van der Waals surface area contributed by atoms with E-state index in [9.17, 15) is 4.79 Å². The van der Waals surface area contributed by atoms with E-state index in [2.05, 4.69) is 22.4 Å². The molecule has 0 spiro atoms. The molecule has 1 heterocycles. The molecule has 96 valence electrons. The lowest BCUT2D eigenvalue weighted by atomic mass is 10.3. The summed E-state index contributed by atoms with van der Waals surface area (Å²) in [6.07, 6.45) is 1.02. The van der Waals surface area contributed by atoms with Gasteiger partial charge in [0.25, 0.3) is 5.91 Å². The maximum Gasteiger partial charge on any atom is 0.285 e. The molecule has 0 fully saturated rings. The van der Waals surface area contributed by atoms with E-state index in [0.717, 1.165) is 18.1 Å². The van der Waals surface area contributed by atoms with Crippen molar-refractivity contribution in [3.8, 4) is 0 Å². The lowest BCUT2D eigenvalue weighted by molar-refractivity contribution is 0.0715. The Morgan fingerprint density at radius 2 is 2.12 bits per heavy atom. The second kappa shape index (κ2) is 6.54. The maximum atomic E-state index is 12.1. The smallest absolute Gasteiger partial charge is 0.285 e. The first kappa shape index (κ1) is 13.9. The normalized spacial score (nSPS) is 10.6. The summed E-state index contributed by atoms with van der Waals surface area (Å²) in [4.78, 5) is 13.9. The van der Waals surface area contributed by atoms with Gasteiger partial charge in [-0.05, 0) is 27.2 Å². The van der Waals surface area contributed by atoms with Crippen LogP contribution in [0.4, 0.5) is 5.13 Å². The van der Waals surface area contributed by atoms with Crippen molar-refractivity contribution in [1.82, 2.24) is 15.1 Å². The number of anilines is 1. The fourth-order valence-corrected chi connectivity index (χ4v) is 2.20. The number of hydrogen-bond acceptors (Lipinski definition) is 5. The molecule has 0 radical (unpaired) electrons. The predicted molar refractivity (Wildman–Crippen MR) is 70.5 cm³/mol. The summed E-state index contributed by atoms with van der Waals surface area (Å²) < 4.78 is 0. The Labute approximate surface area is 106 Å². The number of nitrogens with one attached hydrogen (secondary N) is 1. The van der Waals surface area contributed by atoms with Crippen LogP contribution in [0.25, 0.3) is 0 Å². The van der Waals surface area contributed by atoms with Crippen LogP contribution < -0.4 is 5.32 Å². The van der Waals surface area contributed by atoms with Gasteiger partial charge in [-0.15, -0.1) is 10.2 Å². The van der Waals surface area contributed by atoms with Crippen molar-refractivity contribution < 1.29 is 4.79 Å². The van der Waals surface area contributed by atoms with Gasteiger partial charge < -0.3 is 10.2 Å². The summed E-state index contributed by atoms with van der Waals surface area (Å²) in [5, 5.41) is 12.2. The average Bonchev–Trinajstić information content (AvgIpc) is 2.75. The standard InChI is InChI=1S/C11H20N4OS/c1-5-7-12-11-14-13-9(17-11)10(16)15(6-2)8(3)4/h8H,5-7H2,1-4H3,(H,12,14). The van der Waals surface area contributed by atoms with Gasteiger partial charge >= 0.3 is 0 Å². The summed E-state index contributed by atoms with van der Waals surface area (Å²) in [5.74, 6) is -0.0375. The lowest BCUT2D eigenvalue weighted by Gasteiger charge is -2.23. The third kappa shape index (κ3) is 3.66. The topological polar surface area (TPSA) is 58.1 Å². The van der Waals surface area contributed by atoms with Crippen LogP contribution in [0.1, 0.15) is 43.9 Å².